The Morgan fingerprint density at radius 3 is 2.70 bits per heavy atom. The van der Waals surface area contributed by atoms with E-state index >= 15 is 0 Å². The van der Waals surface area contributed by atoms with E-state index < -0.39 is 11.4 Å². The molecule has 20 heavy (non-hydrogen) atoms. The van der Waals surface area contributed by atoms with Crippen LogP contribution in [0.2, 0.25) is 0 Å². The molecule has 3 rings (SSSR count). The molecule has 0 saturated heterocycles. The SMILES string of the molecule is NCC(Cc1ccc2ccccc2n1)(C(=O)O)C1CC1. The van der Waals surface area contributed by atoms with E-state index in [0.29, 0.717) is 6.42 Å². The first-order valence-corrected chi connectivity index (χ1v) is 6.94. The lowest BCUT2D eigenvalue weighted by Crippen LogP contribution is -2.42. The third-order valence-corrected chi connectivity index (χ3v) is 4.30. The van der Waals surface area contributed by atoms with E-state index in [-0.39, 0.29) is 12.5 Å². The highest BCUT2D eigenvalue weighted by Gasteiger charge is 2.50. The number of carbonyl (C=O) groups is 1. The normalized spacial score (nSPS) is 17.9. The highest BCUT2D eigenvalue weighted by molar-refractivity contribution is 5.79. The maximum Gasteiger partial charge on any atom is 0.311 e. The predicted octanol–water partition coefficient (Wildman–Crippen LogP) is 2.22. The summed E-state index contributed by atoms with van der Waals surface area (Å²) in [6.45, 7) is 0.168. The Labute approximate surface area is 117 Å². The number of nitrogens with two attached hydrogens (primary N) is 1. The zero-order chi connectivity index (χ0) is 14.2. The van der Waals surface area contributed by atoms with Crippen molar-refractivity contribution in [3.05, 3.63) is 42.1 Å². The molecule has 1 aromatic carbocycles. The van der Waals surface area contributed by atoms with Crippen molar-refractivity contribution in [2.24, 2.45) is 17.1 Å². The Kier molecular flexibility index (Phi) is 3.18. The predicted molar refractivity (Wildman–Crippen MR) is 77.3 cm³/mol. The number of fused-ring (bicyclic) bond motifs is 1. The van der Waals surface area contributed by atoms with E-state index in [9.17, 15) is 9.90 Å². The van der Waals surface area contributed by atoms with Gasteiger partial charge in [-0.3, -0.25) is 9.78 Å². The Hall–Kier alpha value is -1.94. The van der Waals surface area contributed by atoms with Gasteiger partial charge in [0.1, 0.15) is 0 Å². The summed E-state index contributed by atoms with van der Waals surface area (Å²) in [4.78, 5) is 16.3. The molecule has 1 unspecified atom stereocenters. The molecule has 1 fully saturated rings. The van der Waals surface area contributed by atoms with Crippen molar-refractivity contribution in [2.45, 2.75) is 19.3 Å². The fraction of sp³-hybridized carbons (Fsp3) is 0.375. The van der Waals surface area contributed by atoms with E-state index in [1.807, 2.05) is 36.4 Å². The lowest BCUT2D eigenvalue weighted by atomic mass is 9.78. The lowest BCUT2D eigenvalue weighted by molar-refractivity contribution is -0.149. The van der Waals surface area contributed by atoms with E-state index in [2.05, 4.69) is 4.98 Å². The first-order chi connectivity index (χ1) is 9.65. The molecule has 1 atom stereocenters. The van der Waals surface area contributed by atoms with Crippen LogP contribution in [0.1, 0.15) is 18.5 Å². The van der Waals surface area contributed by atoms with Crippen LogP contribution in [0.4, 0.5) is 0 Å². The number of para-hydroxylation sites is 1. The van der Waals surface area contributed by atoms with Crippen LogP contribution in [0.15, 0.2) is 36.4 Å². The smallest absolute Gasteiger partial charge is 0.311 e. The number of hydrogen-bond donors (Lipinski definition) is 2. The first-order valence-electron chi connectivity index (χ1n) is 6.94. The van der Waals surface area contributed by atoms with Gasteiger partial charge in [-0.1, -0.05) is 24.3 Å². The third-order valence-electron chi connectivity index (χ3n) is 4.30. The molecule has 2 aromatic rings. The monoisotopic (exact) mass is 270 g/mol. The van der Waals surface area contributed by atoms with Gasteiger partial charge in [0.25, 0.3) is 0 Å². The number of hydrogen-bond acceptors (Lipinski definition) is 3. The van der Waals surface area contributed by atoms with E-state index in [4.69, 9.17) is 5.73 Å². The van der Waals surface area contributed by atoms with Gasteiger partial charge in [-0.15, -0.1) is 0 Å². The van der Waals surface area contributed by atoms with Crippen LogP contribution in [0.5, 0.6) is 0 Å². The number of benzene rings is 1. The molecule has 0 bridgehead atoms. The maximum absolute atomic E-state index is 11.7. The zero-order valence-corrected chi connectivity index (χ0v) is 11.2. The van der Waals surface area contributed by atoms with E-state index in [0.717, 1.165) is 29.4 Å². The van der Waals surface area contributed by atoms with E-state index in [1.54, 1.807) is 0 Å². The highest BCUT2D eigenvalue weighted by atomic mass is 16.4. The summed E-state index contributed by atoms with van der Waals surface area (Å²) in [5.41, 5.74) is 6.66. The molecule has 1 heterocycles. The Morgan fingerprint density at radius 2 is 2.05 bits per heavy atom. The molecule has 0 amide bonds. The van der Waals surface area contributed by atoms with Crippen LogP contribution in [0.3, 0.4) is 0 Å². The van der Waals surface area contributed by atoms with Gasteiger partial charge in [-0.25, -0.2) is 0 Å². The minimum atomic E-state index is -0.852. The van der Waals surface area contributed by atoms with Crippen LogP contribution >= 0.6 is 0 Å². The van der Waals surface area contributed by atoms with Crippen LogP contribution in [0, 0.1) is 11.3 Å². The third kappa shape index (κ3) is 2.16. The highest BCUT2D eigenvalue weighted by Crippen LogP contribution is 2.47. The van der Waals surface area contributed by atoms with Gasteiger partial charge < -0.3 is 10.8 Å². The molecule has 1 saturated carbocycles. The number of pyridine rings is 1. The molecular weight excluding hydrogens is 252 g/mol. The minimum absolute atomic E-state index is 0.168. The van der Waals surface area contributed by atoms with Gasteiger partial charge in [0.2, 0.25) is 0 Å². The standard InChI is InChI=1S/C16H18N2O2/c17-10-16(15(19)20,12-6-7-12)9-13-8-5-11-3-1-2-4-14(11)18-13/h1-5,8,12H,6-7,9-10,17H2,(H,19,20). The number of aliphatic carboxylic acids is 1. The van der Waals surface area contributed by atoms with Crippen molar-refractivity contribution in [2.75, 3.05) is 6.54 Å². The molecule has 0 radical (unpaired) electrons. The number of rotatable bonds is 5. The van der Waals surface area contributed by atoms with E-state index in [1.165, 1.54) is 0 Å². The second-order valence-electron chi connectivity index (χ2n) is 5.61. The lowest BCUT2D eigenvalue weighted by Gasteiger charge is -2.27. The topological polar surface area (TPSA) is 76.2 Å². The van der Waals surface area contributed by atoms with Crippen molar-refractivity contribution < 1.29 is 9.90 Å². The average molecular weight is 270 g/mol. The number of carboxylic acids is 1. The van der Waals surface area contributed by atoms with Crippen LogP contribution in [-0.4, -0.2) is 22.6 Å². The van der Waals surface area contributed by atoms with Gasteiger partial charge in [0.05, 0.1) is 10.9 Å². The van der Waals surface area contributed by atoms with Crippen molar-refractivity contribution in [3.63, 3.8) is 0 Å². The van der Waals surface area contributed by atoms with Crippen LogP contribution < -0.4 is 5.73 Å². The molecule has 3 N–H and O–H groups in total. The largest absolute Gasteiger partial charge is 0.481 e. The summed E-state index contributed by atoms with van der Waals surface area (Å²) in [5, 5.41) is 10.7. The molecule has 1 aromatic heterocycles. The minimum Gasteiger partial charge on any atom is -0.481 e. The molecule has 1 aliphatic carbocycles. The molecule has 0 aliphatic heterocycles. The van der Waals surface area contributed by atoms with Crippen molar-refractivity contribution in [1.82, 2.24) is 4.98 Å². The maximum atomic E-state index is 11.7. The van der Waals surface area contributed by atoms with Crippen molar-refractivity contribution in [3.8, 4) is 0 Å². The quantitative estimate of drug-likeness (QED) is 0.873. The Bertz CT molecular complexity index is 652. The molecule has 1 aliphatic rings. The van der Waals surface area contributed by atoms with Gasteiger partial charge in [-0.05, 0) is 30.9 Å². The number of nitrogens with zero attached hydrogens (tertiary/aromatic N) is 1. The molecule has 104 valence electrons. The van der Waals surface area contributed by atoms with Gasteiger partial charge in [-0.2, -0.15) is 0 Å². The number of carboxylic acid groups (broad SMARTS) is 1. The van der Waals surface area contributed by atoms with Gasteiger partial charge >= 0.3 is 5.97 Å². The van der Waals surface area contributed by atoms with Crippen LogP contribution in [0.25, 0.3) is 10.9 Å². The Balaban J connectivity index is 1.96. The number of aromatic nitrogens is 1. The fourth-order valence-corrected chi connectivity index (χ4v) is 2.89. The fourth-order valence-electron chi connectivity index (χ4n) is 2.89. The second kappa shape index (κ2) is 4.87. The molecule has 0 spiro atoms. The second-order valence-corrected chi connectivity index (χ2v) is 5.61. The summed E-state index contributed by atoms with van der Waals surface area (Å²) >= 11 is 0. The summed E-state index contributed by atoms with van der Waals surface area (Å²) in [7, 11) is 0. The summed E-state index contributed by atoms with van der Waals surface area (Å²) < 4.78 is 0. The molecular formula is C16H18N2O2. The Morgan fingerprint density at radius 1 is 1.30 bits per heavy atom. The van der Waals surface area contributed by atoms with Crippen molar-refractivity contribution >= 4 is 16.9 Å². The first kappa shape index (κ1) is 13.1. The summed E-state index contributed by atoms with van der Waals surface area (Å²) in [6.07, 6.45) is 2.32. The molecule has 4 nitrogen and oxygen atoms in total. The molecule has 4 heteroatoms. The van der Waals surface area contributed by atoms with Crippen LogP contribution in [-0.2, 0) is 11.2 Å². The average Bonchev–Trinajstić information content (AvgIpc) is 3.29. The van der Waals surface area contributed by atoms with Crippen molar-refractivity contribution in [1.29, 1.82) is 0 Å². The zero-order valence-electron chi connectivity index (χ0n) is 11.2. The van der Waals surface area contributed by atoms with Gasteiger partial charge in [0, 0.05) is 24.0 Å². The summed E-state index contributed by atoms with van der Waals surface area (Å²) in [6, 6.07) is 11.8. The summed E-state index contributed by atoms with van der Waals surface area (Å²) in [5.74, 6) is -0.601. The van der Waals surface area contributed by atoms with Gasteiger partial charge in [0.15, 0.2) is 0 Å².